The molecule has 1 aliphatic rings. The summed E-state index contributed by atoms with van der Waals surface area (Å²) in [4.78, 5) is 10.8. The Morgan fingerprint density at radius 3 is 2.65 bits per heavy atom. The molecule has 5 nitrogen and oxygen atoms in total. The van der Waals surface area contributed by atoms with Gasteiger partial charge in [0.15, 0.2) is 5.82 Å². The summed E-state index contributed by atoms with van der Waals surface area (Å²) in [5, 5.41) is 2.43. The Morgan fingerprint density at radius 2 is 2.10 bits per heavy atom. The van der Waals surface area contributed by atoms with Gasteiger partial charge in [-0.1, -0.05) is 0 Å². The summed E-state index contributed by atoms with van der Waals surface area (Å²) in [5.41, 5.74) is -0.712. The van der Waals surface area contributed by atoms with E-state index in [0.717, 1.165) is 0 Å². The molecule has 9 heteroatoms. The van der Waals surface area contributed by atoms with Crippen LogP contribution in [-0.2, 0) is 13.8 Å². The number of carbonyl (C=O) groups is 1. The Labute approximate surface area is 118 Å². The number of ether oxygens (including phenoxy) is 1. The molecule has 1 heterocycles. The van der Waals surface area contributed by atoms with E-state index in [4.69, 9.17) is 15.4 Å². The van der Waals surface area contributed by atoms with Gasteiger partial charge < -0.3 is 10.1 Å². The number of hydrogen-bond acceptors (Lipinski definition) is 4. The minimum absolute atomic E-state index is 0.267. The minimum Gasteiger partial charge on any atom is -0.379 e. The maximum atomic E-state index is 14.0. The number of hydrogen-bond donors (Lipinski definition) is 1. The van der Waals surface area contributed by atoms with Gasteiger partial charge in [0.05, 0.1) is 18.2 Å². The molecule has 20 heavy (non-hydrogen) atoms. The second-order valence-electron chi connectivity index (χ2n) is 4.24. The predicted octanol–water partition coefficient (Wildman–Crippen LogP) is 1.41. The molecule has 1 atom stereocenters. The molecular formula is C11H10ClF2NO4S. The third-order valence-electron chi connectivity index (χ3n) is 2.78. The van der Waals surface area contributed by atoms with E-state index in [0.29, 0.717) is 25.2 Å². The van der Waals surface area contributed by atoms with Crippen LogP contribution in [0.1, 0.15) is 16.8 Å². The topological polar surface area (TPSA) is 72.5 Å². The van der Waals surface area contributed by atoms with Crippen molar-refractivity contribution in [3.63, 3.8) is 0 Å². The van der Waals surface area contributed by atoms with Crippen LogP contribution in [0, 0.1) is 11.6 Å². The lowest BCUT2D eigenvalue weighted by atomic mass is 10.1. The summed E-state index contributed by atoms with van der Waals surface area (Å²) in [6, 6.07) is 0.723. The van der Waals surface area contributed by atoms with Crippen LogP contribution < -0.4 is 5.32 Å². The highest BCUT2D eigenvalue weighted by Gasteiger charge is 2.26. The Morgan fingerprint density at radius 1 is 1.40 bits per heavy atom. The highest BCUT2D eigenvalue weighted by molar-refractivity contribution is 8.13. The lowest BCUT2D eigenvalue weighted by Gasteiger charge is -2.12. The first kappa shape index (κ1) is 15.1. The molecule has 0 aliphatic carbocycles. The Hall–Kier alpha value is -1.25. The van der Waals surface area contributed by atoms with E-state index >= 15 is 0 Å². The lowest BCUT2D eigenvalue weighted by Crippen LogP contribution is -2.35. The van der Waals surface area contributed by atoms with E-state index < -0.39 is 37.1 Å². The summed E-state index contributed by atoms with van der Waals surface area (Å²) in [7, 11) is 0.510. The summed E-state index contributed by atoms with van der Waals surface area (Å²) < 4.78 is 54.6. The average molecular weight is 326 g/mol. The van der Waals surface area contributed by atoms with Gasteiger partial charge in [-0.05, 0) is 18.6 Å². The van der Waals surface area contributed by atoms with Gasteiger partial charge in [0.1, 0.15) is 10.7 Å². The van der Waals surface area contributed by atoms with E-state index in [9.17, 15) is 22.0 Å². The molecule has 1 N–H and O–H groups in total. The van der Waals surface area contributed by atoms with Crippen molar-refractivity contribution in [2.75, 3.05) is 13.2 Å². The van der Waals surface area contributed by atoms with Crippen LogP contribution in [0.3, 0.4) is 0 Å². The van der Waals surface area contributed by atoms with Crippen molar-refractivity contribution in [2.45, 2.75) is 17.4 Å². The van der Waals surface area contributed by atoms with Crippen LogP contribution in [0.5, 0.6) is 0 Å². The number of rotatable bonds is 3. The molecule has 0 radical (unpaired) electrons. The SMILES string of the molecule is O=C(NC1CCOC1)c1cc(F)cc(S(=O)(=O)Cl)c1F. The maximum absolute atomic E-state index is 14.0. The van der Waals surface area contributed by atoms with Gasteiger partial charge in [0.25, 0.3) is 15.0 Å². The fourth-order valence-electron chi connectivity index (χ4n) is 1.82. The van der Waals surface area contributed by atoms with Crippen molar-refractivity contribution in [1.29, 1.82) is 0 Å². The minimum atomic E-state index is -4.49. The molecular weight excluding hydrogens is 316 g/mol. The third kappa shape index (κ3) is 3.25. The lowest BCUT2D eigenvalue weighted by molar-refractivity contribution is 0.0924. The first-order valence-corrected chi connectivity index (χ1v) is 7.92. The summed E-state index contributed by atoms with van der Waals surface area (Å²) >= 11 is 0. The summed E-state index contributed by atoms with van der Waals surface area (Å²) in [6.45, 7) is 0.723. The molecule has 2 rings (SSSR count). The second-order valence-corrected chi connectivity index (χ2v) is 6.77. The van der Waals surface area contributed by atoms with Crippen LogP contribution in [0.2, 0.25) is 0 Å². The molecule has 1 aromatic rings. The fourth-order valence-corrected chi connectivity index (χ4v) is 2.73. The van der Waals surface area contributed by atoms with Gasteiger partial charge >= 0.3 is 0 Å². The molecule has 1 unspecified atom stereocenters. The first-order valence-electron chi connectivity index (χ1n) is 5.61. The number of carbonyl (C=O) groups excluding carboxylic acids is 1. The third-order valence-corrected chi connectivity index (χ3v) is 4.10. The molecule has 0 spiro atoms. The molecule has 0 bridgehead atoms. The molecule has 1 fully saturated rings. The largest absolute Gasteiger partial charge is 0.379 e. The maximum Gasteiger partial charge on any atom is 0.264 e. The van der Waals surface area contributed by atoms with Crippen molar-refractivity contribution in [3.8, 4) is 0 Å². The normalized spacial score (nSPS) is 19.1. The Kier molecular flexibility index (Phi) is 4.26. The fraction of sp³-hybridized carbons (Fsp3) is 0.364. The van der Waals surface area contributed by atoms with Crippen molar-refractivity contribution in [2.24, 2.45) is 0 Å². The first-order chi connectivity index (χ1) is 9.29. The quantitative estimate of drug-likeness (QED) is 0.853. The van der Waals surface area contributed by atoms with Gasteiger partial charge in [0, 0.05) is 17.3 Å². The van der Waals surface area contributed by atoms with Crippen molar-refractivity contribution in [1.82, 2.24) is 5.32 Å². The number of benzene rings is 1. The van der Waals surface area contributed by atoms with E-state index in [1.54, 1.807) is 0 Å². The van der Waals surface area contributed by atoms with Crippen LogP contribution in [-0.4, -0.2) is 33.6 Å². The van der Waals surface area contributed by atoms with E-state index in [-0.39, 0.29) is 12.6 Å². The summed E-state index contributed by atoms with van der Waals surface area (Å²) in [5.74, 6) is -3.37. The molecule has 1 saturated heterocycles. The Balaban J connectivity index is 2.36. The predicted molar refractivity (Wildman–Crippen MR) is 66.1 cm³/mol. The molecule has 1 aliphatic heterocycles. The smallest absolute Gasteiger partial charge is 0.264 e. The zero-order chi connectivity index (χ0) is 14.9. The monoisotopic (exact) mass is 325 g/mol. The van der Waals surface area contributed by atoms with Crippen molar-refractivity contribution >= 4 is 25.6 Å². The Bertz CT molecular complexity index is 644. The van der Waals surface area contributed by atoms with Crippen LogP contribution >= 0.6 is 10.7 Å². The number of halogens is 3. The second kappa shape index (κ2) is 5.63. The van der Waals surface area contributed by atoms with Crippen LogP contribution in [0.25, 0.3) is 0 Å². The van der Waals surface area contributed by atoms with Gasteiger partial charge in [-0.3, -0.25) is 4.79 Å². The average Bonchev–Trinajstić information content (AvgIpc) is 2.83. The van der Waals surface area contributed by atoms with Gasteiger partial charge in [-0.15, -0.1) is 0 Å². The molecule has 110 valence electrons. The van der Waals surface area contributed by atoms with Crippen molar-refractivity contribution in [3.05, 3.63) is 29.3 Å². The van der Waals surface area contributed by atoms with Crippen LogP contribution in [0.4, 0.5) is 8.78 Å². The molecule has 1 aromatic carbocycles. The van der Waals surface area contributed by atoms with E-state index in [1.165, 1.54) is 0 Å². The number of amides is 1. The molecule has 0 aromatic heterocycles. The molecule has 0 saturated carbocycles. The highest BCUT2D eigenvalue weighted by Crippen LogP contribution is 2.23. The highest BCUT2D eigenvalue weighted by atomic mass is 35.7. The molecule has 1 amide bonds. The standard InChI is InChI=1S/C11H10ClF2NO4S/c12-20(17,18)9-4-6(13)3-8(10(9)14)11(16)15-7-1-2-19-5-7/h3-4,7H,1-2,5H2,(H,15,16). The van der Waals surface area contributed by atoms with Crippen LogP contribution in [0.15, 0.2) is 17.0 Å². The van der Waals surface area contributed by atoms with Gasteiger partial charge in [-0.25, -0.2) is 17.2 Å². The number of nitrogens with one attached hydrogen (secondary N) is 1. The van der Waals surface area contributed by atoms with Crippen molar-refractivity contribution < 1.29 is 26.7 Å². The zero-order valence-electron chi connectivity index (χ0n) is 10.0. The van der Waals surface area contributed by atoms with Gasteiger partial charge in [0.2, 0.25) is 0 Å². The summed E-state index contributed by atoms with van der Waals surface area (Å²) in [6.07, 6.45) is 0.545. The van der Waals surface area contributed by atoms with E-state index in [2.05, 4.69) is 5.32 Å². The van der Waals surface area contributed by atoms with E-state index in [1.807, 2.05) is 0 Å². The zero-order valence-corrected chi connectivity index (χ0v) is 11.6. The van der Waals surface area contributed by atoms with Gasteiger partial charge in [-0.2, -0.15) is 0 Å².